The minimum atomic E-state index is -0.877. The Morgan fingerprint density at radius 2 is 1.77 bits per heavy atom. The normalized spacial score (nSPS) is 12.3. The van der Waals surface area contributed by atoms with E-state index in [0.717, 1.165) is 25.7 Å². The second kappa shape index (κ2) is 9.04. The van der Waals surface area contributed by atoms with E-state index in [9.17, 15) is 9.90 Å². The van der Waals surface area contributed by atoms with Crippen LogP contribution in [0, 0.1) is 11.8 Å². The predicted molar refractivity (Wildman–Crippen MR) is 47.5 cm³/mol. The molecule has 2 nitrogen and oxygen atoms in total. The third kappa shape index (κ3) is 8.79. The Labute approximate surface area is 103 Å². The molecular formula is C10H19NaO2. The first kappa shape index (κ1) is 15.9. The van der Waals surface area contributed by atoms with Gasteiger partial charge in [0, 0.05) is 5.97 Å². The van der Waals surface area contributed by atoms with Crippen LogP contribution in [0.2, 0.25) is 0 Å². The average Bonchev–Trinajstić information content (AvgIpc) is 1.96. The second-order valence-corrected chi connectivity index (χ2v) is 3.78. The van der Waals surface area contributed by atoms with E-state index in [1.165, 1.54) is 0 Å². The molecule has 0 N–H and O–H groups in total. The number of carbonyl (C=O) groups is 1. The molecule has 0 aromatic carbocycles. The van der Waals surface area contributed by atoms with Crippen LogP contribution in [0.4, 0.5) is 0 Å². The van der Waals surface area contributed by atoms with Crippen LogP contribution in [0.1, 0.15) is 46.5 Å². The van der Waals surface area contributed by atoms with E-state index in [1.54, 1.807) is 0 Å². The van der Waals surface area contributed by atoms with Gasteiger partial charge in [-0.15, -0.1) is 0 Å². The van der Waals surface area contributed by atoms with Gasteiger partial charge in [-0.25, -0.2) is 0 Å². The number of carboxylic acid groups (broad SMARTS) is 1. The molecule has 0 aliphatic heterocycles. The Morgan fingerprint density at radius 3 is 2.08 bits per heavy atom. The largest absolute Gasteiger partial charge is 1.00 e. The van der Waals surface area contributed by atoms with Crippen molar-refractivity contribution in [2.24, 2.45) is 11.8 Å². The molecule has 72 valence electrons. The van der Waals surface area contributed by atoms with Gasteiger partial charge in [0.2, 0.25) is 0 Å². The Kier molecular flexibility index (Phi) is 11.1. The molecule has 3 heteroatoms. The van der Waals surface area contributed by atoms with Gasteiger partial charge in [0.25, 0.3) is 0 Å². The van der Waals surface area contributed by atoms with Crippen molar-refractivity contribution in [3.05, 3.63) is 0 Å². The number of rotatable bonds is 6. The molecule has 0 aromatic rings. The first-order valence-corrected chi connectivity index (χ1v) is 4.78. The molecule has 0 rings (SSSR count). The molecule has 0 fully saturated rings. The van der Waals surface area contributed by atoms with Gasteiger partial charge < -0.3 is 9.90 Å². The fourth-order valence-electron chi connectivity index (χ4n) is 1.26. The number of carbonyl (C=O) groups excluding carboxylic acids is 1. The smallest absolute Gasteiger partial charge is 0.550 e. The maximum atomic E-state index is 10.6. The van der Waals surface area contributed by atoms with Gasteiger partial charge >= 0.3 is 29.6 Å². The van der Waals surface area contributed by atoms with Crippen molar-refractivity contribution in [2.45, 2.75) is 46.5 Å². The van der Waals surface area contributed by atoms with E-state index in [4.69, 9.17) is 0 Å². The predicted octanol–water partition coefficient (Wildman–Crippen LogP) is -1.41. The van der Waals surface area contributed by atoms with Gasteiger partial charge in [-0.1, -0.05) is 33.6 Å². The van der Waals surface area contributed by atoms with Gasteiger partial charge in [-0.3, -0.25) is 0 Å². The van der Waals surface area contributed by atoms with E-state index in [2.05, 4.69) is 13.8 Å². The summed E-state index contributed by atoms with van der Waals surface area (Å²) in [5.74, 6) is -0.515. The van der Waals surface area contributed by atoms with E-state index in [1.807, 2.05) is 6.92 Å². The standard InChI is InChI=1S/C10H20O2.Na/c1-4-5-9(10(11)12)7-6-8(2)3;/h8-9H,4-7H2,1-3H3,(H,11,12);/q;+1/p-1. The summed E-state index contributed by atoms with van der Waals surface area (Å²) in [5.41, 5.74) is 0. The molecular weight excluding hydrogens is 175 g/mol. The molecule has 0 aliphatic carbocycles. The number of hydrogen-bond acceptors (Lipinski definition) is 2. The Hall–Kier alpha value is 0.470. The number of aliphatic carboxylic acids is 1. The molecule has 0 spiro atoms. The van der Waals surface area contributed by atoms with Crippen molar-refractivity contribution in [3.63, 3.8) is 0 Å². The average molecular weight is 194 g/mol. The van der Waals surface area contributed by atoms with Crippen LogP contribution in [0.5, 0.6) is 0 Å². The van der Waals surface area contributed by atoms with Crippen LogP contribution in [0.3, 0.4) is 0 Å². The minimum absolute atomic E-state index is 0. The van der Waals surface area contributed by atoms with Crippen molar-refractivity contribution >= 4 is 5.97 Å². The summed E-state index contributed by atoms with van der Waals surface area (Å²) in [7, 11) is 0. The molecule has 0 saturated carbocycles. The van der Waals surface area contributed by atoms with Gasteiger partial charge in [0.15, 0.2) is 0 Å². The first-order valence-electron chi connectivity index (χ1n) is 4.78. The summed E-state index contributed by atoms with van der Waals surface area (Å²) in [6.45, 7) is 6.22. The molecule has 1 unspecified atom stereocenters. The number of carboxylic acids is 1. The summed E-state index contributed by atoms with van der Waals surface area (Å²) in [6, 6.07) is 0. The van der Waals surface area contributed by atoms with E-state index >= 15 is 0 Å². The zero-order chi connectivity index (χ0) is 9.56. The zero-order valence-corrected chi connectivity index (χ0v) is 11.3. The third-order valence-electron chi connectivity index (χ3n) is 2.06. The summed E-state index contributed by atoms with van der Waals surface area (Å²) in [5, 5.41) is 10.6. The molecule has 0 saturated heterocycles. The van der Waals surface area contributed by atoms with Crippen molar-refractivity contribution < 1.29 is 39.5 Å². The Morgan fingerprint density at radius 1 is 1.23 bits per heavy atom. The number of hydrogen-bond donors (Lipinski definition) is 0. The monoisotopic (exact) mass is 194 g/mol. The fourth-order valence-corrected chi connectivity index (χ4v) is 1.26. The van der Waals surface area contributed by atoms with E-state index in [-0.39, 0.29) is 35.5 Å². The molecule has 0 aliphatic rings. The van der Waals surface area contributed by atoms with Crippen LogP contribution in [-0.4, -0.2) is 5.97 Å². The van der Waals surface area contributed by atoms with Crippen molar-refractivity contribution in [2.75, 3.05) is 0 Å². The van der Waals surface area contributed by atoms with Gasteiger partial charge in [-0.2, -0.15) is 0 Å². The molecule has 0 radical (unpaired) electrons. The summed E-state index contributed by atoms with van der Waals surface area (Å²) in [4.78, 5) is 10.6. The summed E-state index contributed by atoms with van der Waals surface area (Å²) < 4.78 is 0. The second-order valence-electron chi connectivity index (χ2n) is 3.78. The van der Waals surface area contributed by atoms with Gasteiger partial charge in [0.05, 0.1) is 0 Å². The molecule has 0 amide bonds. The quantitative estimate of drug-likeness (QED) is 0.488. The van der Waals surface area contributed by atoms with Crippen LogP contribution in [0.25, 0.3) is 0 Å². The Balaban J connectivity index is 0. The first-order chi connectivity index (χ1) is 5.57. The van der Waals surface area contributed by atoms with Crippen LogP contribution in [-0.2, 0) is 4.79 Å². The van der Waals surface area contributed by atoms with Crippen molar-refractivity contribution in [1.82, 2.24) is 0 Å². The molecule has 1 atom stereocenters. The van der Waals surface area contributed by atoms with Gasteiger partial charge in [0.1, 0.15) is 0 Å². The molecule has 0 aromatic heterocycles. The third-order valence-corrected chi connectivity index (χ3v) is 2.06. The molecule has 13 heavy (non-hydrogen) atoms. The van der Waals surface area contributed by atoms with E-state index in [0.29, 0.717) is 5.92 Å². The SMILES string of the molecule is CCCC(CCC(C)C)C(=O)[O-].[Na+]. The Bertz CT molecular complexity index is 135. The molecule has 0 heterocycles. The summed E-state index contributed by atoms with van der Waals surface area (Å²) in [6.07, 6.45) is 3.44. The van der Waals surface area contributed by atoms with Crippen LogP contribution < -0.4 is 34.7 Å². The maximum Gasteiger partial charge on any atom is 1.00 e. The minimum Gasteiger partial charge on any atom is -0.550 e. The zero-order valence-electron chi connectivity index (χ0n) is 9.30. The van der Waals surface area contributed by atoms with Crippen LogP contribution in [0.15, 0.2) is 0 Å². The van der Waals surface area contributed by atoms with Crippen LogP contribution >= 0.6 is 0 Å². The van der Waals surface area contributed by atoms with Crippen molar-refractivity contribution in [3.8, 4) is 0 Å². The van der Waals surface area contributed by atoms with Gasteiger partial charge in [-0.05, 0) is 24.7 Å². The molecule has 0 bridgehead atoms. The topological polar surface area (TPSA) is 40.1 Å². The van der Waals surface area contributed by atoms with Crippen molar-refractivity contribution in [1.29, 1.82) is 0 Å². The van der Waals surface area contributed by atoms with E-state index < -0.39 is 5.97 Å². The fraction of sp³-hybridized carbons (Fsp3) is 0.900. The summed E-state index contributed by atoms with van der Waals surface area (Å²) >= 11 is 0. The maximum absolute atomic E-state index is 10.6.